The predicted octanol–water partition coefficient (Wildman–Crippen LogP) is 3.30. The molecular formula is C21H23NO6. The van der Waals surface area contributed by atoms with Gasteiger partial charge in [0.2, 0.25) is 0 Å². The van der Waals surface area contributed by atoms with Gasteiger partial charge in [0.1, 0.15) is 5.75 Å². The Hall–Kier alpha value is -3.48. The van der Waals surface area contributed by atoms with Crippen molar-refractivity contribution >= 4 is 23.6 Å². The van der Waals surface area contributed by atoms with E-state index >= 15 is 0 Å². The molecule has 1 N–H and O–H groups in total. The zero-order chi connectivity index (χ0) is 20.4. The highest BCUT2D eigenvalue weighted by atomic mass is 16.5. The van der Waals surface area contributed by atoms with Gasteiger partial charge in [0, 0.05) is 11.8 Å². The van der Waals surface area contributed by atoms with Gasteiger partial charge in [0.25, 0.3) is 5.91 Å². The van der Waals surface area contributed by atoms with Crippen LogP contribution in [0.3, 0.4) is 0 Å². The van der Waals surface area contributed by atoms with Crippen molar-refractivity contribution in [2.24, 2.45) is 0 Å². The molecule has 0 aromatic heterocycles. The molecule has 0 fully saturated rings. The Morgan fingerprint density at radius 1 is 1.00 bits per heavy atom. The molecule has 0 bridgehead atoms. The summed E-state index contributed by atoms with van der Waals surface area (Å²) in [6.45, 7) is 2.02. The second-order valence-corrected chi connectivity index (χ2v) is 5.56. The summed E-state index contributed by atoms with van der Waals surface area (Å²) in [6.07, 6.45) is 2.82. The molecule has 0 spiro atoms. The molecule has 2 aromatic carbocycles. The molecule has 0 aliphatic rings. The zero-order valence-electron chi connectivity index (χ0n) is 16.1. The summed E-state index contributed by atoms with van der Waals surface area (Å²) in [6, 6.07) is 12.1. The van der Waals surface area contributed by atoms with Crippen LogP contribution in [0.2, 0.25) is 0 Å². The fourth-order valence-electron chi connectivity index (χ4n) is 2.28. The summed E-state index contributed by atoms with van der Waals surface area (Å²) in [5.74, 6) is 0.809. The molecule has 0 saturated carbocycles. The van der Waals surface area contributed by atoms with E-state index < -0.39 is 11.9 Å². The van der Waals surface area contributed by atoms with Gasteiger partial charge in [-0.05, 0) is 55.0 Å². The number of amides is 1. The normalized spacial score (nSPS) is 10.4. The number of nitrogens with one attached hydrogen (secondary N) is 1. The van der Waals surface area contributed by atoms with E-state index in [1.165, 1.54) is 6.08 Å². The van der Waals surface area contributed by atoms with Crippen LogP contribution >= 0.6 is 0 Å². The number of rotatable bonds is 9. The van der Waals surface area contributed by atoms with E-state index in [0.717, 1.165) is 5.56 Å². The number of hydrogen-bond donors (Lipinski definition) is 1. The van der Waals surface area contributed by atoms with Crippen molar-refractivity contribution in [2.75, 3.05) is 32.8 Å². The summed E-state index contributed by atoms with van der Waals surface area (Å²) >= 11 is 0. The minimum Gasteiger partial charge on any atom is -0.497 e. The maximum absolute atomic E-state index is 11.9. The van der Waals surface area contributed by atoms with E-state index in [1.54, 1.807) is 62.8 Å². The maximum atomic E-state index is 11.9. The van der Waals surface area contributed by atoms with Crippen molar-refractivity contribution in [2.45, 2.75) is 6.92 Å². The van der Waals surface area contributed by atoms with Crippen LogP contribution in [-0.2, 0) is 14.3 Å². The number of carbonyl (C=O) groups is 2. The van der Waals surface area contributed by atoms with E-state index in [4.69, 9.17) is 18.9 Å². The summed E-state index contributed by atoms with van der Waals surface area (Å²) in [4.78, 5) is 23.7. The molecule has 2 rings (SSSR count). The molecule has 1 amide bonds. The molecule has 7 heteroatoms. The average Bonchev–Trinajstić information content (AvgIpc) is 2.72. The van der Waals surface area contributed by atoms with Crippen LogP contribution < -0.4 is 19.5 Å². The highest BCUT2D eigenvalue weighted by molar-refractivity contribution is 5.94. The summed E-state index contributed by atoms with van der Waals surface area (Å²) in [5.41, 5.74) is 1.32. The number of anilines is 1. The molecule has 0 aliphatic heterocycles. The molecule has 0 saturated heterocycles. The third kappa shape index (κ3) is 6.35. The van der Waals surface area contributed by atoms with Crippen molar-refractivity contribution in [3.8, 4) is 17.2 Å². The highest BCUT2D eigenvalue weighted by Gasteiger charge is 2.07. The van der Waals surface area contributed by atoms with Crippen molar-refractivity contribution < 1.29 is 28.5 Å². The smallest absolute Gasteiger partial charge is 0.331 e. The zero-order valence-corrected chi connectivity index (χ0v) is 16.1. The van der Waals surface area contributed by atoms with Gasteiger partial charge in [-0.1, -0.05) is 6.07 Å². The van der Waals surface area contributed by atoms with Crippen molar-refractivity contribution in [1.82, 2.24) is 0 Å². The minimum absolute atomic E-state index is 0.387. The van der Waals surface area contributed by atoms with Gasteiger partial charge in [-0.3, -0.25) is 4.79 Å². The van der Waals surface area contributed by atoms with Crippen LogP contribution in [0.5, 0.6) is 17.2 Å². The Morgan fingerprint density at radius 2 is 1.75 bits per heavy atom. The van der Waals surface area contributed by atoms with Gasteiger partial charge in [-0.25, -0.2) is 4.79 Å². The summed E-state index contributed by atoms with van der Waals surface area (Å²) in [7, 11) is 3.10. The third-order valence-electron chi connectivity index (χ3n) is 3.62. The Balaban J connectivity index is 1.84. The number of carbonyl (C=O) groups excluding carboxylic acids is 2. The van der Waals surface area contributed by atoms with Gasteiger partial charge in [0.05, 0.1) is 20.8 Å². The van der Waals surface area contributed by atoms with Crippen LogP contribution in [0.25, 0.3) is 6.08 Å². The van der Waals surface area contributed by atoms with Crippen molar-refractivity contribution in [3.05, 3.63) is 54.1 Å². The van der Waals surface area contributed by atoms with Crippen molar-refractivity contribution in [3.63, 3.8) is 0 Å². The molecule has 0 unspecified atom stereocenters. The first kappa shape index (κ1) is 20.8. The number of ether oxygens (including phenoxy) is 4. The van der Waals surface area contributed by atoms with Crippen LogP contribution in [0.4, 0.5) is 5.69 Å². The van der Waals surface area contributed by atoms with Gasteiger partial charge in [-0.15, -0.1) is 0 Å². The molecule has 0 radical (unpaired) electrons. The second kappa shape index (κ2) is 10.6. The Kier molecular flexibility index (Phi) is 7.90. The first-order valence-corrected chi connectivity index (χ1v) is 8.65. The van der Waals surface area contributed by atoms with E-state index in [9.17, 15) is 9.59 Å². The van der Waals surface area contributed by atoms with Gasteiger partial charge < -0.3 is 24.3 Å². The lowest BCUT2D eigenvalue weighted by molar-refractivity contribution is -0.142. The first-order chi connectivity index (χ1) is 13.5. The number of hydrogen-bond acceptors (Lipinski definition) is 6. The van der Waals surface area contributed by atoms with Gasteiger partial charge in [-0.2, -0.15) is 0 Å². The Morgan fingerprint density at radius 3 is 2.39 bits per heavy atom. The van der Waals surface area contributed by atoms with E-state index in [-0.39, 0.29) is 6.61 Å². The topological polar surface area (TPSA) is 83.1 Å². The van der Waals surface area contributed by atoms with E-state index in [2.05, 4.69) is 5.32 Å². The van der Waals surface area contributed by atoms with Gasteiger partial charge in [0.15, 0.2) is 18.1 Å². The summed E-state index contributed by atoms with van der Waals surface area (Å²) in [5, 5.41) is 2.63. The molecule has 7 nitrogen and oxygen atoms in total. The van der Waals surface area contributed by atoms with Crippen LogP contribution in [-0.4, -0.2) is 39.3 Å². The lowest BCUT2D eigenvalue weighted by Gasteiger charge is -2.09. The SMILES string of the molecule is CCOc1ccc(/C=C/C(=O)OCC(=O)Nc2ccc(OC)cc2)cc1OC. The van der Waals surface area contributed by atoms with Gasteiger partial charge >= 0.3 is 5.97 Å². The standard InChI is InChI=1S/C21H23NO6/c1-4-27-18-11-5-15(13-19(18)26-3)6-12-21(24)28-14-20(23)22-16-7-9-17(25-2)10-8-16/h5-13H,4,14H2,1-3H3,(H,22,23)/b12-6+. The Labute approximate surface area is 163 Å². The summed E-state index contributed by atoms with van der Waals surface area (Å²) < 4.78 is 20.7. The average molecular weight is 385 g/mol. The fourth-order valence-corrected chi connectivity index (χ4v) is 2.28. The molecule has 2 aromatic rings. The molecule has 0 aliphatic carbocycles. The number of methoxy groups -OCH3 is 2. The molecule has 0 atom stereocenters. The number of benzene rings is 2. The predicted molar refractivity (Wildman–Crippen MR) is 106 cm³/mol. The third-order valence-corrected chi connectivity index (χ3v) is 3.62. The second-order valence-electron chi connectivity index (χ2n) is 5.56. The number of esters is 1. The van der Waals surface area contributed by atoms with Crippen LogP contribution in [0.1, 0.15) is 12.5 Å². The molecular weight excluding hydrogens is 362 g/mol. The maximum Gasteiger partial charge on any atom is 0.331 e. The monoisotopic (exact) mass is 385 g/mol. The highest BCUT2D eigenvalue weighted by Crippen LogP contribution is 2.28. The molecule has 0 heterocycles. The van der Waals surface area contributed by atoms with Crippen LogP contribution in [0, 0.1) is 0 Å². The fraction of sp³-hybridized carbons (Fsp3) is 0.238. The lowest BCUT2D eigenvalue weighted by atomic mass is 10.2. The molecule has 148 valence electrons. The Bertz CT molecular complexity index is 829. The van der Waals surface area contributed by atoms with Crippen LogP contribution in [0.15, 0.2) is 48.5 Å². The van der Waals surface area contributed by atoms with E-state index in [1.807, 2.05) is 6.92 Å². The minimum atomic E-state index is -0.627. The first-order valence-electron chi connectivity index (χ1n) is 8.65. The quantitative estimate of drug-likeness (QED) is 0.527. The van der Waals surface area contributed by atoms with E-state index in [0.29, 0.717) is 29.5 Å². The largest absolute Gasteiger partial charge is 0.497 e. The molecule has 28 heavy (non-hydrogen) atoms. The van der Waals surface area contributed by atoms with Crippen molar-refractivity contribution in [1.29, 1.82) is 0 Å². The lowest BCUT2D eigenvalue weighted by Crippen LogP contribution is -2.20.